The summed E-state index contributed by atoms with van der Waals surface area (Å²) in [6, 6.07) is 8.61. The van der Waals surface area contributed by atoms with Crippen LogP contribution in [0.1, 0.15) is 29.1 Å². The van der Waals surface area contributed by atoms with E-state index < -0.39 is 5.91 Å². The van der Waals surface area contributed by atoms with Gasteiger partial charge >= 0.3 is 0 Å². The van der Waals surface area contributed by atoms with Crippen LogP contribution in [0.3, 0.4) is 0 Å². The first kappa shape index (κ1) is 21.8. The van der Waals surface area contributed by atoms with Gasteiger partial charge in [0.2, 0.25) is 17.6 Å². The zero-order chi connectivity index (χ0) is 22.4. The normalized spacial score (nSPS) is 10.5. The van der Waals surface area contributed by atoms with Gasteiger partial charge in [-0.25, -0.2) is 4.39 Å². The quantitative estimate of drug-likeness (QED) is 0.536. The number of amides is 2. The van der Waals surface area contributed by atoms with Crippen molar-refractivity contribution in [2.24, 2.45) is 5.73 Å². The number of nitrogens with two attached hydrogens (primary N) is 1. The Morgan fingerprint density at radius 1 is 1.13 bits per heavy atom. The number of anilines is 1. The molecule has 0 saturated carbocycles. The van der Waals surface area contributed by atoms with Crippen LogP contribution in [0.15, 0.2) is 40.9 Å². The summed E-state index contributed by atoms with van der Waals surface area (Å²) in [6.45, 7) is 0. The summed E-state index contributed by atoms with van der Waals surface area (Å²) >= 11 is 0. The van der Waals surface area contributed by atoms with Gasteiger partial charge in [0.1, 0.15) is 5.82 Å². The Balaban J connectivity index is 1.60. The van der Waals surface area contributed by atoms with E-state index in [1.54, 1.807) is 12.1 Å². The van der Waals surface area contributed by atoms with E-state index in [0.29, 0.717) is 41.6 Å². The Hall–Kier alpha value is -3.95. The topological polar surface area (TPSA) is 130 Å². The number of primary amides is 1. The van der Waals surface area contributed by atoms with Gasteiger partial charge in [-0.15, -0.1) is 0 Å². The summed E-state index contributed by atoms with van der Waals surface area (Å²) in [5.74, 6) is -0.0209. The van der Waals surface area contributed by atoms with E-state index in [1.165, 1.54) is 38.5 Å². The summed E-state index contributed by atoms with van der Waals surface area (Å²) in [7, 11) is 2.87. The standard InChI is InChI=1S/C21H21FN4O5/c1-29-16-10-14(20(23)28)15(11-17(16)30-2)24-18(27)4-3-5-19-25-21(26-31-19)12-6-8-13(22)9-7-12/h6-11H,3-5H2,1-2H3,(H2,23,28)(H,24,27). The molecule has 2 amide bonds. The molecule has 0 spiro atoms. The monoisotopic (exact) mass is 428 g/mol. The molecule has 10 heteroatoms. The van der Waals surface area contributed by atoms with Gasteiger partial charge in [0.15, 0.2) is 11.5 Å². The second kappa shape index (κ2) is 9.70. The second-order valence-electron chi connectivity index (χ2n) is 6.54. The van der Waals surface area contributed by atoms with Crippen molar-refractivity contribution >= 4 is 17.5 Å². The molecular weight excluding hydrogens is 407 g/mol. The van der Waals surface area contributed by atoms with Crippen molar-refractivity contribution in [2.75, 3.05) is 19.5 Å². The Bertz CT molecular complexity index is 1080. The number of rotatable bonds is 9. The molecule has 0 fully saturated rings. The molecule has 31 heavy (non-hydrogen) atoms. The van der Waals surface area contributed by atoms with Crippen LogP contribution < -0.4 is 20.5 Å². The maximum Gasteiger partial charge on any atom is 0.250 e. The molecule has 3 aromatic rings. The lowest BCUT2D eigenvalue weighted by atomic mass is 10.1. The van der Waals surface area contributed by atoms with Gasteiger partial charge in [0.05, 0.1) is 25.5 Å². The predicted octanol–water partition coefficient (Wildman–Crippen LogP) is 2.95. The van der Waals surface area contributed by atoms with Crippen LogP contribution in [0.25, 0.3) is 11.4 Å². The Morgan fingerprint density at radius 2 is 1.81 bits per heavy atom. The molecule has 1 heterocycles. The summed E-state index contributed by atoms with van der Waals surface area (Å²) in [4.78, 5) is 28.3. The van der Waals surface area contributed by atoms with E-state index in [2.05, 4.69) is 15.5 Å². The first-order chi connectivity index (χ1) is 14.9. The van der Waals surface area contributed by atoms with Crippen LogP contribution in [0.5, 0.6) is 11.5 Å². The summed E-state index contributed by atoms with van der Waals surface area (Å²) in [5, 5.41) is 6.52. The van der Waals surface area contributed by atoms with E-state index >= 15 is 0 Å². The van der Waals surface area contributed by atoms with Gasteiger partial charge in [0, 0.05) is 24.5 Å². The van der Waals surface area contributed by atoms with Crippen LogP contribution >= 0.6 is 0 Å². The van der Waals surface area contributed by atoms with Crippen molar-refractivity contribution in [3.05, 3.63) is 53.7 Å². The predicted molar refractivity (Wildman–Crippen MR) is 109 cm³/mol. The zero-order valence-electron chi connectivity index (χ0n) is 17.0. The summed E-state index contributed by atoms with van der Waals surface area (Å²) in [6.07, 6.45) is 0.938. The van der Waals surface area contributed by atoms with Crippen molar-refractivity contribution in [1.29, 1.82) is 0 Å². The first-order valence-corrected chi connectivity index (χ1v) is 9.35. The Morgan fingerprint density at radius 3 is 2.45 bits per heavy atom. The molecule has 1 aromatic heterocycles. The zero-order valence-corrected chi connectivity index (χ0v) is 17.0. The lowest BCUT2D eigenvalue weighted by Crippen LogP contribution is -2.18. The smallest absolute Gasteiger partial charge is 0.250 e. The molecule has 2 aromatic carbocycles. The first-order valence-electron chi connectivity index (χ1n) is 9.35. The van der Waals surface area contributed by atoms with Crippen molar-refractivity contribution in [3.8, 4) is 22.9 Å². The molecule has 0 aliphatic rings. The molecule has 0 unspecified atom stereocenters. The van der Waals surface area contributed by atoms with Gasteiger partial charge < -0.3 is 25.0 Å². The number of carbonyl (C=O) groups is 2. The fraction of sp³-hybridized carbons (Fsp3) is 0.238. The fourth-order valence-corrected chi connectivity index (χ4v) is 2.87. The highest BCUT2D eigenvalue weighted by Gasteiger charge is 2.17. The minimum Gasteiger partial charge on any atom is -0.493 e. The van der Waals surface area contributed by atoms with Gasteiger partial charge in [-0.1, -0.05) is 5.16 Å². The van der Waals surface area contributed by atoms with Crippen molar-refractivity contribution in [3.63, 3.8) is 0 Å². The average Bonchev–Trinajstić information content (AvgIpc) is 3.22. The number of hydrogen-bond donors (Lipinski definition) is 2. The highest BCUT2D eigenvalue weighted by molar-refractivity contribution is 6.03. The van der Waals surface area contributed by atoms with E-state index in [1.807, 2.05) is 0 Å². The molecule has 0 bridgehead atoms. The number of halogens is 1. The number of hydrogen-bond acceptors (Lipinski definition) is 7. The minimum atomic E-state index is -0.713. The highest BCUT2D eigenvalue weighted by atomic mass is 19.1. The lowest BCUT2D eigenvalue weighted by Gasteiger charge is -2.14. The maximum atomic E-state index is 13.0. The molecule has 3 rings (SSSR count). The van der Waals surface area contributed by atoms with Crippen LogP contribution in [0, 0.1) is 5.82 Å². The number of nitrogens with one attached hydrogen (secondary N) is 1. The van der Waals surface area contributed by atoms with Gasteiger partial charge in [-0.3, -0.25) is 9.59 Å². The molecule has 0 saturated heterocycles. The van der Waals surface area contributed by atoms with Gasteiger partial charge in [0.25, 0.3) is 5.91 Å². The van der Waals surface area contributed by atoms with Crippen molar-refractivity contribution < 1.29 is 28.0 Å². The number of aryl methyl sites for hydroxylation is 1. The molecule has 0 atom stereocenters. The van der Waals surface area contributed by atoms with E-state index in [9.17, 15) is 14.0 Å². The van der Waals surface area contributed by atoms with E-state index in [4.69, 9.17) is 19.7 Å². The third-order valence-corrected chi connectivity index (χ3v) is 4.43. The molecule has 0 aliphatic heterocycles. The fourth-order valence-electron chi connectivity index (χ4n) is 2.87. The minimum absolute atomic E-state index is 0.104. The van der Waals surface area contributed by atoms with Gasteiger partial charge in [-0.05, 0) is 36.8 Å². The van der Waals surface area contributed by atoms with Crippen LogP contribution in [-0.4, -0.2) is 36.2 Å². The third kappa shape index (κ3) is 5.35. The van der Waals surface area contributed by atoms with Crippen LogP contribution in [0.4, 0.5) is 10.1 Å². The van der Waals surface area contributed by atoms with E-state index in [0.717, 1.165) is 0 Å². The number of ether oxygens (including phenoxy) is 2. The molecular formula is C21H21FN4O5. The summed E-state index contributed by atoms with van der Waals surface area (Å²) < 4.78 is 28.5. The molecule has 3 N–H and O–H groups in total. The highest BCUT2D eigenvalue weighted by Crippen LogP contribution is 2.33. The molecule has 0 radical (unpaired) electrons. The third-order valence-electron chi connectivity index (χ3n) is 4.43. The SMILES string of the molecule is COc1cc(NC(=O)CCCc2nc(-c3ccc(F)cc3)no2)c(C(N)=O)cc1OC. The van der Waals surface area contributed by atoms with Crippen molar-refractivity contribution in [1.82, 2.24) is 10.1 Å². The lowest BCUT2D eigenvalue weighted by molar-refractivity contribution is -0.116. The summed E-state index contributed by atoms with van der Waals surface area (Å²) in [5.41, 5.74) is 6.36. The number of aromatic nitrogens is 2. The van der Waals surface area contributed by atoms with Gasteiger partial charge in [-0.2, -0.15) is 4.98 Å². The maximum absolute atomic E-state index is 13.0. The largest absolute Gasteiger partial charge is 0.493 e. The number of carbonyl (C=O) groups excluding carboxylic acids is 2. The van der Waals surface area contributed by atoms with Crippen LogP contribution in [-0.2, 0) is 11.2 Å². The average molecular weight is 428 g/mol. The van der Waals surface area contributed by atoms with Crippen molar-refractivity contribution in [2.45, 2.75) is 19.3 Å². The van der Waals surface area contributed by atoms with Crippen LogP contribution in [0.2, 0.25) is 0 Å². The Labute approximate surface area is 177 Å². The van der Waals surface area contributed by atoms with E-state index in [-0.39, 0.29) is 29.4 Å². The number of benzene rings is 2. The second-order valence-corrected chi connectivity index (χ2v) is 6.54. The number of nitrogens with zero attached hydrogens (tertiary/aromatic N) is 2. The number of methoxy groups -OCH3 is 2. The molecule has 9 nitrogen and oxygen atoms in total. The Kier molecular flexibility index (Phi) is 6.81. The molecule has 162 valence electrons. The molecule has 0 aliphatic carbocycles.